The smallest absolute Gasteiger partial charge is 0.305 e. The van der Waals surface area contributed by atoms with E-state index in [1.165, 1.54) is 12.1 Å². The molecule has 1 aromatic carbocycles. The molecule has 0 atom stereocenters. The van der Waals surface area contributed by atoms with Crippen LogP contribution in [-0.2, 0) is 4.79 Å². The Kier molecular flexibility index (Phi) is 6.65. The molecular weight excluding hydrogens is 272 g/mol. The predicted octanol–water partition coefficient (Wildman–Crippen LogP) is 3.37. The first kappa shape index (κ1) is 16.9. The summed E-state index contributed by atoms with van der Waals surface area (Å²) in [5.74, 6) is -0.862. The first-order valence-electron chi connectivity index (χ1n) is 7.17. The van der Waals surface area contributed by atoms with Crippen molar-refractivity contribution in [1.82, 2.24) is 0 Å². The van der Waals surface area contributed by atoms with E-state index in [4.69, 9.17) is 5.11 Å². The minimum absolute atomic E-state index is 0.0221. The minimum atomic E-state index is -0.862. The summed E-state index contributed by atoms with van der Waals surface area (Å²) in [6.07, 6.45) is 3.09. The summed E-state index contributed by atoms with van der Waals surface area (Å²) in [5.41, 5.74) is 1.70. The largest absolute Gasteiger partial charge is 0.481 e. The Labute approximate surface area is 124 Å². The summed E-state index contributed by atoms with van der Waals surface area (Å²) in [5, 5.41) is 19.8. The molecule has 0 heterocycles. The molecule has 116 valence electrons. The second-order valence-corrected chi connectivity index (χ2v) is 5.07. The summed E-state index contributed by atoms with van der Waals surface area (Å²) >= 11 is 0. The van der Waals surface area contributed by atoms with Gasteiger partial charge in [-0.3, -0.25) is 14.9 Å². The predicted molar refractivity (Wildman–Crippen MR) is 81.8 cm³/mol. The van der Waals surface area contributed by atoms with Gasteiger partial charge in [-0.2, -0.15) is 0 Å². The molecule has 0 saturated carbocycles. The molecule has 21 heavy (non-hydrogen) atoms. The molecule has 0 aromatic heterocycles. The SMILES string of the molecule is CCCCCN(CCC(=O)O)c1cc([N+](=O)[O-])ccc1C. The van der Waals surface area contributed by atoms with Gasteiger partial charge < -0.3 is 10.0 Å². The normalized spacial score (nSPS) is 10.4. The number of non-ortho nitro benzene ring substituents is 1. The lowest BCUT2D eigenvalue weighted by atomic mass is 10.1. The van der Waals surface area contributed by atoms with Crippen molar-refractivity contribution in [2.24, 2.45) is 0 Å². The maximum atomic E-state index is 10.9. The van der Waals surface area contributed by atoms with Gasteiger partial charge in [0, 0.05) is 30.9 Å². The quantitative estimate of drug-likeness (QED) is 0.429. The van der Waals surface area contributed by atoms with Gasteiger partial charge in [-0.25, -0.2) is 0 Å². The van der Waals surface area contributed by atoms with E-state index in [2.05, 4.69) is 6.92 Å². The third kappa shape index (κ3) is 5.41. The van der Waals surface area contributed by atoms with Gasteiger partial charge in [-0.05, 0) is 18.9 Å². The van der Waals surface area contributed by atoms with E-state index < -0.39 is 10.9 Å². The maximum Gasteiger partial charge on any atom is 0.305 e. The van der Waals surface area contributed by atoms with Crippen molar-refractivity contribution in [3.63, 3.8) is 0 Å². The Bertz CT molecular complexity index is 502. The summed E-state index contributed by atoms with van der Waals surface area (Å²) in [6.45, 7) is 5.05. The molecule has 0 aliphatic rings. The van der Waals surface area contributed by atoms with Crippen LogP contribution in [0.1, 0.15) is 38.2 Å². The number of aryl methyl sites for hydroxylation is 1. The highest BCUT2D eigenvalue weighted by Crippen LogP contribution is 2.26. The van der Waals surface area contributed by atoms with Gasteiger partial charge in [0.2, 0.25) is 0 Å². The maximum absolute atomic E-state index is 10.9. The average Bonchev–Trinajstić information content (AvgIpc) is 2.43. The van der Waals surface area contributed by atoms with Crippen molar-refractivity contribution in [3.8, 4) is 0 Å². The number of hydrogen-bond acceptors (Lipinski definition) is 4. The fourth-order valence-electron chi connectivity index (χ4n) is 2.19. The number of benzene rings is 1. The molecular formula is C15H22N2O4. The second kappa shape index (κ2) is 8.24. The van der Waals surface area contributed by atoms with Crippen LogP contribution in [0.2, 0.25) is 0 Å². The van der Waals surface area contributed by atoms with Crippen LogP contribution in [0.5, 0.6) is 0 Å². The molecule has 1 N–H and O–H groups in total. The Morgan fingerprint density at radius 1 is 1.33 bits per heavy atom. The monoisotopic (exact) mass is 294 g/mol. The number of nitro benzene ring substituents is 1. The Morgan fingerprint density at radius 2 is 2.05 bits per heavy atom. The van der Waals surface area contributed by atoms with Gasteiger partial charge in [0.15, 0.2) is 0 Å². The third-order valence-electron chi connectivity index (χ3n) is 3.37. The minimum Gasteiger partial charge on any atom is -0.481 e. The van der Waals surface area contributed by atoms with Crippen molar-refractivity contribution in [2.75, 3.05) is 18.0 Å². The number of aliphatic carboxylic acids is 1. The summed E-state index contributed by atoms with van der Waals surface area (Å²) < 4.78 is 0. The number of carbonyl (C=O) groups is 1. The highest BCUT2D eigenvalue weighted by atomic mass is 16.6. The van der Waals surface area contributed by atoms with E-state index in [1.54, 1.807) is 6.07 Å². The molecule has 0 unspecified atom stereocenters. The van der Waals surface area contributed by atoms with Crippen LogP contribution in [0.15, 0.2) is 18.2 Å². The van der Waals surface area contributed by atoms with Gasteiger partial charge in [0.1, 0.15) is 0 Å². The van der Waals surface area contributed by atoms with E-state index in [0.717, 1.165) is 30.5 Å². The summed E-state index contributed by atoms with van der Waals surface area (Å²) in [7, 11) is 0. The van der Waals surface area contributed by atoms with Crippen LogP contribution in [0.3, 0.4) is 0 Å². The van der Waals surface area contributed by atoms with Crippen LogP contribution < -0.4 is 4.90 Å². The number of nitro groups is 1. The van der Waals surface area contributed by atoms with Crippen molar-refractivity contribution in [3.05, 3.63) is 33.9 Å². The Balaban J connectivity index is 2.96. The van der Waals surface area contributed by atoms with Gasteiger partial charge in [0.25, 0.3) is 5.69 Å². The zero-order valence-electron chi connectivity index (χ0n) is 12.5. The zero-order chi connectivity index (χ0) is 15.8. The Morgan fingerprint density at radius 3 is 2.62 bits per heavy atom. The summed E-state index contributed by atoms with van der Waals surface area (Å²) in [6, 6.07) is 4.71. The van der Waals surface area contributed by atoms with Gasteiger partial charge in [0.05, 0.1) is 11.3 Å². The van der Waals surface area contributed by atoms with Gasteiger partial charge >= 0.3 is 5.97 Å². The first-order chi connectivity index (χ1) is 9.95. The molecule has 0 aliphatic carbocycles. The van der Waals surface area contributed by atoms with Crippen molar-refractivity contribution < 1.29 is 14.8 Å². The fourth-order valence-corrected chi connectivity index (χ4v) is 2.19. The van der Waals surface area contributed by atoms with E-state index in [1.807, 2.05) is 11.8 Å². The molecule has 0 radical (unpaired) electrons. The van der Waals surface area contributed by atoms with Crippen molar-refractivity contribution in [1.29, 1.82) is 0 Å². The van der Waals surface area contributed by atoms with E-state index in [9.17, 15) is 14.9 Å². The first-order valence-corrected chi connectivity index (χ1v) is 7.17. The Hall–Kier alpha value is -2.11. The van der Waals surface area contributed by atoms with Gasteiger partial charge in [-0.1, -0.05) is 25.8 Å². The number of anilines is 1. The summed E-state index contributed by atoms with van der Waals surface area (Å²) in [4.78, 5) is 23.2. The van der Waals surface area contributed by atoms with Crippen LogP contribution in [-0.4, -0.2) is 29.1 Å². The number of nitrogens with zero attached hydrogens (tertiary/aromatic N) is 2. The molecule has 0 bridgehead atoms. The molecule has 6 heteroatoms. The molecule has 0 fully saturated rings. The molecule has 0 aliphatic heterocycles. The molecule has 1 rings (SSSR count). The lowest BCUT2D eigenvalue weighted by molar-refractivity contribution is -0.384. The van der Waals surface area contributed by atoms with Gasteiger partial charge in [-0.15, -0.1) is 0 Å². The zero-order valence-corrected chi connectivity index (χ0v) is 12.5. The third-order valence-corrected chi connectivity index (χ3v) is 3.37. The van der Waals surface area contributed by atoms with E-state index in [0.29, 0.717) is 13.1 Å². The second-order valence-electron chi connectivity index (χ2n) is 5.07. The highest BCUT2D eigenvalue weighted by molar-refractivity contribution is 5.68. The lowest BCUT2D eigenvalue weighted by Crippen LogP contribution is -2.28. The number of carboxylic acid groups (broad SMARTS) is 1. The standard InChI is InChI=1S/C15H22N2O4/c1-3-4-5-9-16(10-8-15(18)19)14-11-13(17(20)21)7-6-12(14)2/h6-7,11H,3-5,8-10H2,1-2H3,(H,18,19). The molecule has 6 nitrogen and oxygen atoms in total. The highest BCUT2D eigenvalue weighted by Gasteiger charge is 2.15. The number of carboxylic acids is 1. The molecule has 0 spiro atoms. The molecule has 0 saturated heterocycles. The molecule has 1 aromatic rings. The number of unbranched alkanes of at least 4 members (excludes halogenated alkanes) is 2. The molecule has 0 amide bonds. The van der Waals surface area contributed by atoms with Crippen LogP contribution in [0.4, 0.5) is 11.4 Å². The van der Waals surface area contributed by atoms with Crippen LogP contribution >= 0.6 is 0 Å². The average molecular weight is 294 g/mol. The fraction of sp³-hybridized carbons (Fsp3) is 0.533. The van der Waals surface area contributed by atoms with Crippen LogP contribution in [0, 0.1) is 17.0 Å². The van der Waals surface area contributed by atoms with Crippen LogP contribution in [0.25, 0.3) is 0 Å². The topological polar surface area (TPSA) is 83.7 Å². The van der Waals surface area contributed by atoms with Crippen molar-refractivity contribution in [2.45, 2.75) is 39.5 Å². The number of rotatable bonds is 9. The van der Waals surface area contributed by atoms with E-state index >= 15 is 0 Å². The van der Waals surface area contributed by atoms with Crippen molar-refractivity contribution >= 4 is 17.3 Å². The lowest BCUT2D eigenvalue weighted by Gasteiger charge is -2.25. The van der Waals surface area contributed by atoms with E-state index in [-0.39, 0.29) is 12.1 Å². The number of hydrogen-bond donors (Lipinski definition) is 1.